The third kappa shape index (κ3) is 2.39. The number of hydrogen-bond acceptors (Lipinski definition) is 4. The van der Waals surface area contributed by atoms with Gasteiger partial charge >= 0.3 is 0 Å². The molecular weight excluding hydrogens is 212 g/mol. The fraction of sp³-hybridized carbons (Fsp3) is 0.636. The van der Waals surface area contributed by atoms with Gasteiger partial charge in [0, 0.05) is 9.75 Å². The predicted molar refractivity (Wildman–Crippen MR) is 59.3 cm³/mol. The van der Waals surface area contributed by atoms with Crippen LogP contribution in [0.15, 0.2) is 6.07 Å². The van der Waals surface area contributed by atoms with Gasteiger partial charge in [0.1, 0.15) is 12.2 Å². The quantitative estimate of drug-likeness (QED) is 0.839. The molecule has 0 aliphatic carbocycles. The van der Waals surface area contributed by atoms with E-state index in [0.717, 1.165) is 10.4 Å². The lowest BCUT2D eigenvalue weighted by molar-refractivity contribution is -0.132. The standard InChI is InChI=1S/C11H16O3S/c1-7-5-8(2)15-11(7)10(12)9-6-13-3-4-14-9/h5,9-10,12H,3-4,6H2,1-2H3. The first-order valence-corrected chi connectivity index (χ1v) is 5.94. The molecule has 2 heterocycles. The van der Waals surface area contributed by atoms with E-state index in [0.29, 0.717) is 19.8 Å². The molecule has 84 valence electrons. The highest BCUT2D eigenvalue weighted by molar-refractivity contribution is 7.12. The number of hydrogen-bond donors (Lipinski definition) is 1. The summed E-state index contributed by atoms with van der Waals surface area (Å²) in [6, 6.07) is 2.09. The van der Waals surface area contributed by atoms with E-state index < -0.39 is 6.10 Å². The van der Waals surface area contributed by atoms with Gasteiger partial charge in [0.15, 0.2) is 0 Å². The van der Waals surface area contributed by atoms with E-state index in [1.807, 2.05) is 13.8 Å². The van der Waals surface area contributed by atoms with Crippen LogP contribution in [-0.2, 0) is 9.47 Å². The molecule has 1 N–H and O–H groups in total. The van der Waals surface area contributed by atoms with E-state index in [2.05, 4.69) is 6.07 Å². The molecule has 1 aliphatic heterocycles. The van der Waals surface area contributed by atoms with Crippen molar-refractivity contribution >= 4 is 11.3 Å². The summed E-state index contributed by atoms with van der Waals surface area (Å²) >= 11 is 1.63. The molecule has 4 heteroatoms. The average molecular weight is 228 g/mol. The van der Waals surface area contributed by atoms with Gasteiger partial charge < -0.3 is 14.6 Å². The predicted octanol–water partition coefficient (Wildman–Crippen LogP) is 1.81. The second kappa shape index (κ2) is 4.61. The molecule has 0 saturated carbocycles. The number of thiophene rings is 1. The van der Waals surface area contributed by atoms with Gasteiger partial charge in [-0.1, -0.05) is 0 Å². The van der Waals surface area contributed by atoms with Crippen LogP contribution in [0.25, 0.3) is 0 Å². The van der Waals surface area contributed by atoms with Crippen molar-refractivity contribution in [2.24, 2.45) is 0 Å². The molecule has 3 nitrogen and oxygen atoms in total. The van der Waals surface area contributed by atoms with E-state index in [9.17, 15) is 5.11 Å². The number of ether oxygens (including phenoxy) is 2. The minimum absolute atomic E-state index is 0.213. The Morgan fingerprint density at radius 3 is 2.80 bits per heavy atom. The molecule has 2 rings (SSSR count). The summed E-state index contributed by atoms with van der Waals surface area (Å²) in [6.07, 6.45) is -0.764. The van der Waals surface area contributed by atoms with Crippen molar-refractivity contribution in [3.05, 3.63) is 21.4 Å². The van der Waals surface area contributed by atoms with Gasteiger partial charge in [-0.05, 0) is 25.5 Å². The van der Waals surface area contributed by atoms with Crippen LogP contribution >= 0.6 is 11.3 Å². The highest BCUT2D eigenvalue weighted by Gasteiger charge is 2.26. The van der Waals surface area contributed by atoms with Crippen molar-refractivity contribution in [2.75, 3.05) is 19.8 Å². The van der Waals surface area contributed by atoms with Gasteiger partial charge in [0.2, 0.25) is 0 Å². The highest BCUT2D eigenvalue weighted by Crippen LogP contribution is 2.31. The van der Waals surface area contributed by atoms with Crippen molar-refractivity contribution < 1.29 is 14.6 Å². The van der Waals surface area contributed by atoms with E-state index in [-0.39, 0.29) is 6.10 Å². The summed E-state index contributed by atoms with van der Waals surface area (Å²) in [6.45, 7) is 5.76. The third-order valence-electron chi connectivity index (χ3n) is 2.54. The Hall–Kier alpha value is -0.420. The molecular formula is C11H16O3S. The summed E-state index contributed by atoms with van der Waals surface area (Å²) in [5, 5.41) is 10.1. The molecule has 0 spiro atoms. The van der Waals surface area contributed by atoms with E-state index in [1.54, 1.807) is 11.3 Å². The number of aryl methyl sites for hydroxylation is 2. The van der Waals surface area contributed by atoms with Gasteiger partial charge in [0.05, 0.1) is 19.8 Å². The Morgan fingerprint density at radius 1 is 1.47 bits per heavy atom. The Labute approximate surface area is 93.6 Å². The first-order chi connectivity index (χ1) is 7.18. The topological polar surface area (TPSA) is 38.7 Å². The molecule has 0 bridgehead atoms. The van der Waals surface area contributed by atoms with Gasteiger partial charge in [-0.3, -0.25) is 0 Å². The summed E-state index contributed by atoms with van der Waals surface area (Å²) < 4.78 is 10.8. The van der Waals surface area contributed by atoms with Crippen LogP contribution in [0.4, 0.5) is 0 Å². The van der Waals surface area contributed by atoms with Crippen molar-refractivity contribution in [1.82, 2.24) is 0 Å². The van der Waals surface area contributed by atoms with E-state index in [1.165, 1.54) is 4.88 Å². The van der Waals surface area contributed by atoms with Crippen LogP contribution in [0.5, 0.6) is 0 Å². The molecule has 1 fully saturated rings. The second-order valence-corrected chi connectivity index (χ2v) is 5.12. The monoisotopic (exact) mass is 228 g/mol. The molecule has 0 aromatic carbocycles. The molecule has 2 atom stereocenters. The normalized spacial score (nSPS) is 24.1. The maximum atomic E-state index is 10.1. The summed E-state index contributed by atoms with van der Waals surface area (Å²) in [4.78, 5) is 2.22. The van der Waals surface area contributed by atoms with Crippen molar-refractivity contribution in [3.63, 3.8) is 0 Å². The summed E-state index contributed by atoms with van der Waals surface area (Å²) in [5.74, 6) is 0. The lowest BCUT2D eigenvalue weighted by Crippen LogP contribution is -2.33. The van der Waals surface area contributed by atoms with Crippen LogP contribution < -0.4 is 0 Å². The van der Waals surface area contributed by atoms with Crippen LogP contribution in [0, 0.1) is 13.8 Å². The van der Waals surface area contributed by atoms with Gasteiger partial charge in [-0.2, -0.15) is 0 Å². The molecule has 1 aromatic rings. The Kier molecular flexibility index (Phi) is 3.41. The van der Waals surface area contributed by atoms with Crippen LogP contribution in [0.3, 0.4) is 0 Å². The Balaban J connectivity index is 2.12. The number of rotatable bonds is 2. The van der Waals surface area contributed by atoms with Gasteiger partial charge in [-0.25, -0.2) is 0 Å². The first kappa shape index (κ1) is 11.1. The lowest BCUT2D eigenvalue weighted by atomic mass is 10.1. The second-order valence-electron chi connectivity index (χ2n) is 3.83. The highest BCUT2D eigenvalue weighted by atomic mass is 32.1. The lowest BCUT2D eigenvalue weighted by Gasteiger charge is -2.27. The minimum Gasteiger partial charge on any atom is -0.385 e. The molecule has 1 aromatic heterocycles. The van der Waals surface area contributed by atoms with E-state index in [4.69, 9.17) is 9.47 Å². The number of aliphatic hydroxyl groups excluding tert-OH is 1. The molecule has 15 heavy (non-hydrogen) atoms. The average Bonchev–Trinajstić information content (AvgIpc) is 2.58. The van der Waals surface area contributed by atoms with Gasteiger partial charge in [0.25, 0.3) is 0 Å². The molecule has 1 aliphatic rings. The smallest absolute Gasteiger partial charge is 0.117 e. The van der Waals surface area contributed by atoms with Crippen LogP contribution in [-0.4, -0.2) is 31.0 Å². The molecule has 2 unspecified atom stereocenters. The van der Waals surface area contributed by atoms with Crippen molar-refractivity contribution in [2.45, 2.75) is 26.1 Å². The third-order valence-corrected chi connectivity index (χ3v) is 3.77. The van der Waals surface area contributed by atoms with Crippen molar-refractivity contribution in [3.8, 4) is 0 Å². The summed E-state index contributed by atoms with van der Waals surface area (Å²) in [5.41, 5.74) is 1.14. The fourth-order valence-corrected chi connectivity index (χ4v) is 2.89. The minimum atomic E-state index is -0.552. The maximum absolute atomic E-state index is 10.1. The zero-order valence-corrected chi connectivity index (χ0v) is 9.84. The maximum Gasteiger partial charge on any atom is 0.117 e. The van der Waals surface area contributed by atoms with Crippen LogP contribution in [0.1, 0.15) is 21.4 Å². The Morgan fingerprint density at radius 2 is 2.27 bits per heavy atom. The van der Waals surface area contributed by atoms with Crippen LogP contribution in [0.2, 0.25) is 0 Å². The number of aliphatic hydroxyl groups is 1. The zero-order chi connectivity index (χ0) is 10.8. The SMILES string of the molecule is Cc1cc(C)c(C(O)C2COCCO2)s1. The van der Waals surface area contributed by atoms with Crippen molar-refractivity contribution in [1.29, 1.82) is 0 Å². The zero-order valence-electron chi connectivity index (χ0n) is 9.03. The first-order valence-electron chi connectivity index (χ1n) is 5.13. The molecule has 0 radical (unpaired) electrons. The largest absolute Gasteiger partial charge is 0.385 e. The fourth-order valence-electron chi connectivity index (χ4n) is 1.81. The van der Waals surface area contributed by atoms with Gasteiger partial charge in [-0.15, -0.1) is 11.3 Å². The molecule has 0 amide bonds. The van der Waals surface area contributed by atoms with E-state index >= 15 is 0 Å². The summed E-state index contributed by atoms with van der Waals surface area (Å²) in [7, 11) is 0. The Bertz CT molecular complexity index is 329. The molecule has 1 saturated heterocycles.